The van der Waals surface area contributed by atoms with Crippen LogP contribution >= 0.6 is 15.8 Å². The Morgan fingerprint density at radius 3 is 0.869 bits per heavy atom. The number of para-hydroxylation sites is 2. The number of hydrogen-bond donors (Lipinski definition) is 0. The van der Waals surface area contributed by atoms with E-state index in [9.17, 15) is 0 Å². The number of benzene rings is 7. The summed E-state index contributed by atoms with van der Waals surface area (Å²) in [6, 6.07) is 79.4. The van der Waals surface area contributed by atoms with Crippen molar-refractivity contribution in [3.8, 4) is 67.8 Å². The maximum absolute atomic E-state index is 5.38. The van der Waals surface area contributed by atoms with Crippen molar-refractivity contribution in [2.24, 2.45) is 0 Å². The van der Waals surface area contributed by atoms with E-state index in [4.69, 9.17) is 20.4 Å². The number of aromatic nitrogens is 8. The van der Waals surface area contributed by atoms with Gasteiger partial charge >= 0.3 is 40.8 Å². The third-order valence-electron chi connectivity index (χ3n) is 20.3. The molecule has 4 aromatic heterocycles. The normalized spacial score (nSPS) is 15.1. The van der Waals surface area contributed by atoms with E-state index in [2.05, 4.69) is 276 Å². The summed E-state index contributed by atoms with van der Waals surface area (Å²) in [7, 11) is -1.69. The Morgan fingerprint density at radius 1 is 0.313 bits per heavy atom. The first-order valence-corrected chi connectivity index (χ1v) is 39.9. The summed E-state index contributed by atoms with van der Waals surface area (Å²) in [5, 5.41) is 21.1. The molecule has 0 bridgehead atoms. The van der Waals surface area contributed by atoms with Crippen LogP contribution in [0.25, 0.3) is 67.8 Å². The van der Waals surface area contributed by atoms with Gasteiger partial charge in [0, 0.05) is 34.4 Å². The average molecular weight is 1540 g/mol. The van der Waals surface area contributed by atoms with Crippen LogP contribution in [0, 0.1) is 14.9 Å². The van der Waals surface area contributed by atoms with Gasteiger partial charge < -0.3 is 14.9 Å². The van der Waals surface area contributed by atoms with Crippen LogP contribution < -0.4 is 10.9 Å². The number of rotatable bonds is 17. The predicted molar refractivity (Wildman–Crippen MR) is 420 cm³/mol. The molecule has 7 aromatic carbocycles. The van der Waals surface area contributed by atoms with E-state index in [-0.39, 0.29) is 55.7 Å². The van der Waals surface area contributed by atoms with Crippen LogP contribution in [0.4, 0.5) is 0 Å². The van der Waals surface area contributed by atoms with Gasteiger partial charge in [-0.2, -0.15) is 29.8 Å². The minimum atomic E-state index is -0.844. The Kier molecular flexibility index (Phi) is 32.3. The Bertz CT molecular complexity index is 3710. The summed E-state index contributed by atoms with van der Waals surface area (Å²) in [6.45, 7) is 6.56. The molecule has 99 heavy (non-hydrogen) atoms. The minimum Gasteiger partial charge on any atom is -0.358 e. The van der Waals surface area contributed by atoms with Crippen molar-refractivity contribution in [1.29, 1.82) is 0 Å². The van der Waals surface area contributed by atoms with Crippen LogP contribution in [0.5, 0.6) is 0 Å². The van der Waals surface area contributed by atoms with Gasteiger partial charge in [0.15, 0.2) is 10.9 Å². The fourth-order valence-electron chi connectivity index (χ4n) is 15.5. The molecule has 0 amide bonds. The largest absolute Gasteiger partial charge is 2.00 e. The molecular weight excluding hydrogens is 1430 g/mol. The number of aryl methyl sites for hydroxylation is 1. The molecular formula is C87H108N8P2Pd2+4. The molecule has 522 valence electrons. The summed E-state index contributed by atoms with van der Waals surface area (Å²) in [5.41, 5.74) is 20.8. The molecule has 0 spiro atoms. The van der Waals surface area contributed by atoms with E-state index < -0.39 is 15.8 Å². The smallest absolute Gasteiger partial charge is 0.358 e. The Labute approximate surface area is 624 Å². The fraction of sp³-hybridized carbons (Fsp3) is 0.356. The molecule has 4 heterocycles. The fourth-order valence-corrected chi connectivity index (χ4v) is 24.0. The molecule has 4 aliphatic carbocycles. The zero-order valence-electron chi connectivity index (χ0n) is 59.5. The molecule has 0 radical (unpaired) electrons. The summed E-state index contributed by atoms with van der Waals surface area (Å²) in [4.78, 5) is 0. The zero-order valence-corrected chi connectivity index (χ0v) is 64.6. The Hall–Kier alpha value is -6.44. The monoisotopic (exact) mass is 1540 g/mol. The molecule has 0 atom stereocenters. The van der Waals surface area contributed by atoms with Crippen molar-refractivity contribution in [2.45, 2.75) is 198 Å². The first-order chi connectivity index (χ1) is 47.1. The van der Waals surface area contributed by atoms with Gasteiger partial charge in [0.1, 0.15) is 34.2 Å². The number of nitrogens with zero attached hydrogens (tertiary/aromatic N) is 8. The number of unbranched alkanes of at least 4 members (excludes halogenated alkanes) is 1. The van der Waals surface area contributed by atoms with Gasteiger partial charge in [0.2, 0.25) is 0 Å². The second kappa shape index (κ2) is 40.9. The molecule has 12 heteroatoms. The second-order valence-corrected chi connectivity index (χ2v) is 32.9. The summed E-state index contributed by atoms with van der Waals surface area (Å²) in [6.07, 6.45) is 37.0. The standard InChI is InChI=1S/2C36H39N4P.C9H12.C4H10.2CH3.2Pd/c2*1-6-16-28(17-7-1)34-36(35(29-18-8-2-9-19-29)39(38-34)30-20-10-3-11-21-30)40-33(26-27-37-40)41(31-22-12-4-13-23-31)32-24-14-5-15-25-32;1-2-6-9-7-4-3-5-8-9;1-3-4-2;;;;/h2*1-3,6-11,16-21,26-27,31-32H,4-5,12-15,22-25H2;3-5,7-8H,2,6H2,1H3;3-4H2,1-2H3;2*1H3;;/q;;;;2*-1;2*+2/p+2. The molecule has 4 fully saturated rings. The van der Waals surface area contributed by atoms with Gasteiger partial charge in [0.05, 0.1) is 62.2 Å². The van der Waals surface area contributed by atoms with Gasteiger partial charge in [-0.05, 0) is 139 Å². The van der Waals surface area contributed by atoms with Crippen LogP contribution in [0.15, 0.2) is 237 Å². The Morgan fingerprint density at radius 2 is 0.586 bits per heavy atom. The third kappa shape index (κ3) is 19.6. The van der Waals surface area contributed by atoms with Crippen molar-refractivity contribution in [3.05, 3.63) is 257 Å². The van der Waals surface area contributed by atoms with Crippen molar-refractivity contribution in [1.82, 2.24) is 39.1 Å². The van der Waals surface area contributed by atoms with Gasteiger partial charge in [-0.1, -0.05) is 254 Å². The SMILES string of the molecule is CCCC.CCCc1ccccc1.[CH3-].[CH3-].[Pd+2].[Pd+2].c1ccc(-c2nn(-c3ccccc3)c(-c3ccccc3)c2-n2nccc2[PH+](C2CCCCC2)C2CCCCC2)cc1.c1ccc(-c2nn(-c3ccccc3)c(-c3ccccc3)c2-n2nccc2[PH+](C2CCCCC2)C2CCCCC2)cc1. The first kappa shape index (κ1) is 78.3. The van der Waals surface area contributed by atoms with Gasteiger partial charge in [-0.3, -0.25) is 0 Å². The van der Waals surface area contributed by atoms with Crippen LogP contribution in [0.3, 0.4) is 0 Å². The van der Waals surface area contributed by atoms with E-state index in [0.717, 1.165) is 90.4 Å². The molecule has 0 aliphatic heterocycles. The maximum atomic E-state index is 5.38. The predicted octanol–water partition coefficient (Wildman–Crippen LogP) is 23.1. The molecule has 4 aliphatic rings. The quantitative estimate of drug-likeness (QED) is 0.0517. The molecule has 0 N–H and O–H groups in total. The van der Waals surface area contributed by atoms with Crippen molar-refractivity contribution in [3.63, 3.8) is 0 Å². The van der Waals surface area contributed by atoms with Crippen LogP contribution in [-0.2, 0) is 47.3 Å². The minimum absolute atomic E-state index is 0. The van der Waals surface area contributed by atoms with E-state index in [0.29, 0.717) is 0 Å². The molecule has 11 aromatic rings. The van der Waals surface area contributed by atoms with Crippen LogP contribution in [0.1, 0.15) is 174 Å². The van der Waals surface area contributed by atoms with Crippen LogP contribution in [-0.4, -0.2) is 61.8 Å². The maximum Gasteiger partial charge on any atom is 2.00 e. The molecule has 8 nitrogen and oxygen atoms in total. The third-order valence-corrected chi connectivity index (χ3v) is 28.0. The van der Waals surface area contributed by atoms with Gasteiger partial charge in [0.25, 0.3) is 0 Å². The average Bonchev–Trinajstić information content (AvgIpc) is 1.61. The molecule has 0 saturated heterocycles. The van der Waals surface area contributed by atoms with Crippen molar-refractivity contribution in [2.75, 3.05) is 0 Å². The van der Waals surface area contributed by atoms with E-state index in [1.165, 1.54) is 171 Å². The van der Waals surface area contributed by atoms with E-state index >= 15 is 0 Å². The molecule has 15 rings (SSSR count). The van der Waals surface area contributed by atoms with E-state index in [1.54, 1.807) is 0 Å². The number of hydrogen-bond acceptors (Lipinski definition) is 4. The molecule has 0 unspecified atom stereocenters. The van der Waals surface area contributed by atoms with Gasteiger partial charge in [-0.15, -0.1) is 0 Å². The summed E-state index contributed by atoms with van der Waals surface area (Å²) < 4.78 is 8.97. The second-order valence-electron chi connectivity index (χ2n) is 26.8. The van der Waals surface area contributed by atoms with Crippen LogP contribution in [0.2, 0.25) is 0 Å². The van der Waals surface area contributed by atoms with Gasteiger partial charge in [-0.25, -0.2) is 9.36 Å². The summed E-state index contributed by atoms with van der Waals surface area (Å²) >= 11 is 0. The first-order valence-electron chi connectivity index (χ1n) is 36.6. The van der Waals surface area contributed by atoms with E-state index in [1.807, 2.05) is 0 Å². The topological polar surface area (TPSA) is 71.3 Å². The zero-order chi connectivity index (χ0) is 64.8. The Balaban J connectivity index is 0.000000206. The molecule has 4 saturated carbocycles. The van der Waals surface area contributed by atoms with Crippen molar-refractivity contribution < 1.29 is 40.8 Å². The summed E-state index contributed by atoms with van der Waals surface area (Å²) in [5.74, 6) is 0. The van der Waals surface area contributed by atoms with Crippen molar-refractivity contribution >= 4 is 26.7 Å².